The zero-order chi connectivity index (χ0) is 22.0. The highest BCUT2D eigenvalue weighted by molar-refractivity contribution is 6.00. The quantitative estimate of drug-likeness (QED) is 0.712. The van der Waals surface area contributed by atoms with Crippen LogP contribution in [0.4, 0.5) is 19.0 Å². The lowest BCUT2D eigenvalue weighted by molar-refractivity contribution is -0.154. The largest absolute Gasteiger partial charge is 0.468 e. The molecule has 31 heavy (non-hydrogen) atoms. The molecule has 0 saturated carbocycles. The number of rotatable bonds is 5. The zero-order valence-electron chi connectivity index (χ0n) is 16.5. The molecular formula is C20H20F3N5O3. The molecule has 0 unspecified atom stereocenters. The van der Waals surface area contributed by atoms with Crippen molar-refractivity contribution in [2.45, 2.75) is 12.7 Å². The third-order valence-electron chi connectivity index (χ3n) is 5.19. The number of nitrogens with zero attached hydrogens (tertiary/aromatic N) is 5. The van der Waals surface area contributed by atoms with Crippen LogP contribution in [0.2, 0.25) is 0 Å². The van der Waals surface area contributed by atoms with Crippen molar-refractivity contribution >= 4 is 17.6 Å². The van der Waals surface area contributed by atoms with Crippen LogP contribution in [-0.2, 0) is 11.3 Å². The van der Waals surface area contributed by atoms with E-state index < -0.39 is 12.8 Å². The smallest absolute Gasteiger partial charge is 0.422 e. The highest BCUT2D eigenvalue weighted by Gasteiger charge is 2.31. The fraction of sp³-hybridized carbons (Fsp3) is 0.400. The first-order chi connectivity index (χ1) is 14.8. The van der Waals surface area contributed by atoms with E-state index >= 15 is 0 Å². The predicted octanol–water partition coefficient (Wildman–Crippen LogP) is 1.72. The van der Waals surface area contributed by atoms with Crippen LogP contribution in [0.15, 0.2) is 36.7 Å². The second-order valence-corrected chi connectivity index (χ2v) is 7.30. The Bertz CT molecular complexity index is 977. The number of piperazine rings is 1. The normalized spacial score (nSPS) is 16.5. The van der Waals surface area contributed by atoms with E-state index in [-0.39, 0.29) is 24.2 Å². The number of carbonyl (C=O) groups excluding carboxylic acids is 2. The van der Waals surface area contributed by atoms with Gasteiger partial charge in [-0.25, -0.2) is 9.97 Å². The van der Waals surface area contributed by atoms with Crippen LogP contribution in [0.5, 0.6) is 5.88 Å². The first kappa shape index (κ1) is 20.9. The zero-order valence-corrected chi connectivity index (χ0v) is 16.5. The van der Waals surface area contributed by atoms with Crippen LogP contribution in [-0.4, -0.2) is 77.1 Å². The molecule has 0 radical (unpaired) electrons. The number of ether oxygens (including phenoxy) is 1. The fourth-order valence-electron chi connectivity index (χ4n) is 3.63. The first-order valence-electron chi connectivity index (χ1n) is 9.72. The number of alkyl halides is 3. The van der Waals surface area contributed by atoms with Gasteiger partial charge in [-0.2, -0.15) is 13.2 Å². The molecule has 2 amide bonds. The predicted molar refractivity (Wildman–Crippen MR) is 104 cm³/mol. The number of halogens is 3. The Kier molecular flexibility index (Phi) is 5.66. The highest BCUT2D eigenvalue weighted by atomic mass is 19.4. The van der Waals surface area contributed by atoms with Crippen molar-refractivity contribution in [2.24, 2.45) is 0 Å². The maximum absolute atomic E-state index is 12.7. The van der Waals surface area contributed by atoms with Crippen molar-refractivity contribution in [3.63, 3.8) is 0 Å². The number of anilines is 1. The molecule has 2 aliphatic heterocycles. The van der Waals surface area contributed by atoms with Crippen molar-refractivity contribution in [1.29, 1.82) is 0 Å². The Morgan fingerprint density at radius 2 is 1.84 bits per heavy atom. The number of amides is 2. The molecule has 1 aromatic heterocycles. The van der Waals surface area contributed by atoms with Crippen LogP contribution < -0.4 is 9.64 Å². The lowest BCUT2D eigenvalue weighted by Gasteiger charge is -2.36. The Hall–Kier alpha value is -3.37. The van der Waals surface area contributed by atoms with Gasteiger partial charge < -0.3 is 19.4 Å². The van der Waals surface area contributed by atoms with Gasteiger partial charge in [-0.05, 0) is 11.6 Å². The molecule has 164 valence electrons. The van der Waals surface area contributed by atoms with Crippen molar-refractivity contribution in [3.8, 4) is 5.88 Å². The van der Waals surface area contributed by atoms with Crippen LogP contribution >= 0.6 is 0 Å². The molecule has 4 rings (SSSR count). The lowest BCUT2D eigenvalue weighted by Crippen LogP contribution is -2.51. The van der Waals surface area contributed by atoms with E-state index in [1.807, 2.05) is 17.0 Å². The van der Waals surface area contributed by atoms with Crippen LogP contribution in [0.25, 0.3) is 0 Å². The summed E-state index contributed by atoms with van der Waals surface area (Å²) in [6.45, 7) is 0.738. The van der Waals surface area contributed by atoms with Crippen LogP contribution in [0, 0.1) is 0 Å². The standard InChI is InChI=1S/C20H20F3N5O3/c21-20(22,23)12-31-17-9-16(24-13-25-17)26-5-7-27(8-6-26)18(29)11-28-10-14-3-1-2-4-15(14)19(28)30/h1-4,9,13H,5-8,10-12H2. The van der Waals surface area contributed by atoms with Gasteiger partial charge in [-0.15, -0.1) is 0 Å². The molecule has 1 aromatic carbocycles. The van der Waals surface area contributed by atoms with Crippen molar-refractivity contribution in [2.75, 3.05) is 44.2 Å². The summed E-state index contributed by atoms with van der Waals surface area (Å²) in [5.74, 6) is -0.00922. The minimum atomic E-state index is -4.45. The van der Waals surface area contributed by atoms with Gasteiger partial charge in [0, 0.05) is 44.4 Å². The molecule has 8 nitrogen and oxygen atoms in total. The molecule has 0 bridgehead atoms. The average molecular weight is 435 g/mol. The Labute approximate surface area is 176 Å². The molecule has 2 aliphatic rings. The van der Waals surface area contributed by atoms with Crippen molar-refractivity contribution < 1.29 is 27.5 Å². The lowest BCUT2D eigenvalue weighted by atomic mass is 10.1. The fourth-order valence-corrected chi connectivity index (χ4v) is 3.63. The SMILES string of the molecule is O=C(CN1Cc2ccccc2C1=O)N1CCN(c2cc(OCC(F)(F)F)ncn2)CC1. The third kappa shape index (κ3) is 4.86. The summed E-state index contributed by atoms with van der Waals surface area (Å²) in [5, 5.41) is 0. The maximum atomic E-state index is 12.7. The number of benzene rings is 1. The Morgan fingerprint density at radius 1 is 1.10 bits per heavy atom. The van der Waals surface area contributed by atoms with Gasteiger partial charge in [0.25, 0.3) is 5.91 Å². The summed E-state index contributed by atoms with van der Waals surface area (Å²) in [4.78, 5) is 38.0. The molecule has 11 heteroatoms. The molecule has 1 fully saturated rings. The van der Waals surface area contributed by atoms with E-state index in [9.17, 15) is 22.8 Å². The van der Waals surface area contributed by atoms with E-state index in [1.54, 1.807) is 17.0 Å². The van der Waals surface area contributed by atoms with E-state index in [1.165, 1.54) is 11.0 Å². The number of hydrogen-bond donors (Lipinski definition) is 0. The molecule has 0 spiro atoms. The van der Waals surface area contributed by atoms with Gasteiger partial charge >= 0.3 is 6.18 Å². The molecule has 0 aliphatic carbocycles. The van der Waals surface area contributed by atoms with Gasteiger partial charge in [-0.1, -0.05) is 18.2 Å². The second kappa shape index (κ2) is 8.40. The molecule has 1 saturated heterocycles. The second-order valence-electron chi connectivity index (χ2n) is 7.30. The van der Waals surface area contributed by atoms with Crippen molar-refractivity contribution in [1.82, 2.24) is 19.8 Å². The third-order valence-corrected chi connectivity index (χ3v) is 5.19. The summed E-state index contributed by atoms with van der Waals surface area (Å²) in [7, 11) is 0. The molecule has 0 N–H and O–H groups in total. The minimum Gasteiger partial charge on any atom is -0.468 e. The van der Waals surface area contributed by atoms with Gasteiger partial charge in [0.15, 0.2) is 6.61 Å². The summed E-state index contributed by atoms with van der Waals surface area (Å²) >= 11 is 0. The Morgan fingerprint density at radius 3 is 2.55 bits per heavy atom. The van der Waals surface area contributed by atoms with E-state index in [2.05, 4.69) is 14.7 Å². The summed E-state index contributed by atoms with van der Waals surface area (Å²) in [6, 6.07) is 8.65. The van der Waals surface area contributed by atoms with Gasteiger partial charge in [0.05, 0.1) is 0 Å². The molecule has 3 heterocycles. The number of fused-ring (bicyclic) bond motifs is 1. The highest BCUT2D eigenvalue weighted by Crippen LogP contribution is 2.23. The summed E-state index contributed by atoms with van der Waals surface area (Å²) in [5.41, 5.74) is 1.55. The summed E-state index contributed by atoms with van der Waals surface area (Å²) < 4.78 is 41.6. The number of hydrogen-bond acceptors (Lipinski definition) is 6. The number of aromatic nitrogens is 2. The molecular weight excluding hydrogens is 415 g/mol. The summed E-state index contributed by atoms with van der Waals surface area (Å²) in [6.07, 6.45) is -3.30. The topological polar surface area (TPSA) is 78.9 Å². The van der Waals surface area contributed by atoms with E-state index in [0.717, 1.165) is 11.9 Å². The Balaban J connectivity index is 1.30. The van der Waals surface area contributed by atoms with Crippen LogP contribution in [0.3, 0.4) is 0 Å². The maximum Gasteiger partial charge on any atom is 0.422 e. The molecule has 0 atom stereocenters. The number of carbonyl (C=O) groups is 2. The van der Waals surface area contributed by atoms with Crippen LogP contribution in [0.1, 0.15) is 15.9 Å². The monoisotopic (exact) mass is 435 g/mol. The molecule has 2 aromatic rings. The van der Waals surface area contributed by atoms with Gasteiger partial charge in [0.1, 0.15) is 18.7 Å². The average Bonchev–Trinajstić information content (AvgIpc) is 3.07. The van der Waals surface area contributed by atoms with Gasteiger partial charge in [-0.3, -0.25) is 9.59 Å². The minimum absolute atomic E-state index is 0.0104. The first-order valence-corrected chi connectivity index (χ1v) is 9.72. The van der Waals surface area contributed by atoms with Gasteiger partial charge in [0.2, 0.25) is 11.8 Å². The van der Waals surface area contributed by atoms with E-state index in [0.29, 0.717) is 44.1 Å². The van der Waals surface area contributed by atoms with Crippen molar-refractivity contribution in [3.05, 3.63) is 47.8 Å². The van der Waals surface area contributed by atoms with E-state index in [4.69, 9.17) is 0 Å².